The van der Waals surface area contributed by atoms with Gasteiger partial charge < -0.3 is 5.32 Å². The minimum absolute atomic E-state index is 0.985. The van der Waals surface area contributed by atoms with Crippen molar-refractivity contribution in [3.8, 4) is 0 Å². The van der Waals surface area contributed by atoms with Crippen LogP contribution in [0.15, 0.2) is 18.0 Å². The molecule has 0 bridgehead atoms. The molecule has 1 aromatic rings. The van der Waals surface area contributed by atoms with E-state index in [2.05, 4.69) is 30.3 Å². The summed E-state index contributed by atoms with van der Waals surface area (Å²) in [6, 6.07) is 0. The molecule has 0 spiro atoms. The minimum atomic E-state index is 0.985. The third-order valence-electron chi connectivity index (χ3n) is 2.33. The molecule has 15 heavy (non-hydrogen) atoms. The van der Waals surface area contributed by atoms with E-state index in [0.717, 1.165) is 19.5 Å². The lowest BCUT2D eigenvalue weighted by Crippen LogP contribution is -2.17. The number of hydrogen-bond donors (Lipinski definition) is 1. The Labute approximate surface area is 92.2 Å². The Bertz CT molecular complexity index is 312. The zero-order valence-corrected chi connectivity index (χ0v) is 9.95. The maximum absolute atomic E-state index is 4.15. The van der Waals surface area contributed by atoms with Crippen molar-refractivity contribution in [3.63, 3.8) is 0 Å². The summed E-state index contributed by atoms with van der Waals surface area (Å²) >= 11 is 0. The first-order valence-corrected chi connectivity index (χ1v) is 5.65. The number of aryl methyl sites for hydroxylation is 1. The van der Waals surface area contributed by atoms with Crippen LogP contribution >= 0.6 is 0 Å². The molecule has 84 valence electrons. The van der Waals surface area contributed by atoms with Gasteiger partial charge in [0, 0.05) is 25.4 Å². The molecule has 0 aromatic carbocycles. The summed E-state index contributed by atoms with van der Waals surface area (Å²) in [4.78, 5) is 0. The van der Waals surface area contributed by atoms with Crippen molar-refractivity contribution in [2.45, 2.75) is 26.7 Å². The summed E-state index contributed by atoms with van der Waals surface area (Å²) in [5.41, 5.74) is 2.61. The average Bonchev–Trinajstić information content (AvgIpc) is 2.63. The van der Waals surface area contributed by atoms with Gasteiger partial charge in [-0.2, -0.15) is 5.10 Å². The summed E-state index contributed by atoms with van der Waals surface area (Å²) in [5, 5.41) is 7.57. The SMILES string of the molecule is CCCNCC(=Cc1cnn(C)c1)CC. The summed E-state index contributed by atoms with van der Waals surface area (Å²) in [5.74, 6) is 0. The molecule has 0 fully saturated rings. The molecule has 0 aliphatic rings. The van der Waals surface area contributed by atoms with Crippen molar-refractivity contribution in [1.82, 2.24) is 15.1 Å². The monoisotopic (exact) mass is 207 g/mol. The quantitative estimate of drug-likeness (QED) is 0.725. The topological polar surface area (TPSA) is 29.9 Å². The van der Waals surface area contributed by atoms with Gasteiger partial charge in [-0.3, -0.25) is 4.68 Å². The lowest BCUT2D eigenvalue weighted by atomic mass is 10.1. The van der Waals surface area contributed by atoms with Crippen molar-refractivity contribution >= 4 is 6.08 Å². The van der Waals surface area contributed by atoms with Crippen LogP contribution in [0, 0.1) is 0 Å². The molecule has 0 radical (unpaired) electrons. The molecule has 0 saturated carbocycles. The zero-order valence-electron chi connectivity index (χ0n) is 9.95. The molecule has 0 unspecified atom stereocenters. The van der Waals surface area contributed by atoms with Crippen LogP contribution in [-0.4, -0.2) is 22.9 Å². The van der Waals surface area contributed by atoms with E-state index >= 15 is 0 Å². The molecule has 1 aromatic heterocycles. The summed E-state index contributed by atoms with van der Waals surface area (Å²) in [6.07, 6.45) is 8.43. The van der Waals surface area contributed by atoms with Crippen LogP contribution in [-0.2, 0) is 7.05 Å². The molecule has 1 rings (SSSR count). The van der Waals surface area contributed by atoms with Crippen LogP contribution in [0.25, 0.3) is 6.08 Å². The van der Waals surface area contributed by atoms with Crippen LogP contribution in [0.2, 0.25) is 0 Å². The second-order valence-electron chi connectivity index (χ2n) is 3.78. The molecular formula is C12H21N3. The zero-order chi connectivity index (χ0) is 11.1. The summed E-state index contributed by atoms with van der Waals surface area (Å²) in [7, 11) is 1.94. The average molecular weight is 207 g/mol. The van der Waals surface area contributed by atoms with Crippen molar-refractivity contribution in [3.05, 3.63) is 23.5 Å². The maximum atomic E-state index is 4.15. The lowest BCUT2D eigenvalue weighted by molar-refractivity contribution is 0.706. The van der Waals surface area contributed by atoms with Gasteiger partial charge in [-0.15, -0.1) is 0 Å². The number of hydrogen-bond acceptors (Lipinski definition) is 2. The molecule has 0 aliphatic carbocycles. The van der Waals surface area contributed by atoms with Gasteiger partial charge in [-0.1, -0.05) is 25.5 Å². The summed E-state index contributed by atoms with van der Waals surface area (Å²) in [6.45, 7) is 6.45. The second kappa shape index (κ2) is 6.40. The maximum Gasteiger partial charge on any atom is 0.0562 e. The van der Waals surface area contributed by atoms with E-state index in [0.29, 0.717) is 0 Å². The number of nitrogens with zero attached hydrogens (tertiary/aromatic N) is 2. The first-order valence-electron chi connectivity index (χ1n) is 5.65. The number of rotatable bonds is 6. The fourth-order valence-electron chi connectivity index (χ4n) is 1.45. The Kier molecular flexibility index (Phi) is 5.12. The highest BCUT2D eigenvalue weighted by Gasteiger charge is 1.96. The minimum Gasteiger partial charge on any atom is -0.313 e. The van der Waals surface area contributed by atoms with Crippen molar-refractivity contribution in [2.24, 2.45) is 7.05 Å². The predicted molar refractivity (Wildman–Crippen MR) is 64.6 cm³/mol. The van der Waals surface area contributed by atoms with Crippen molar-refractivity contribution in [2.75, 3.05) is 13.1 Å². The molecule has 3 heteroatoms. The molecule has 0 amide bonds. The van der Waals surface area contributed by atoms with E-state index in [4.69, 9.17) is 0 Å². The van der Waals surface area contributed by atoms with E-state index in [-0.39, 0.29) is 0 Å². The Morgan fingerprint density at radius 1 is 1.53 bits per heavy atom. The summed E-state index contributed by atoms with van der Waals surface area (Å²) < 4.78 is 1.83. The van der Waals surface area contributed by atoms with Gasteiger partial charge in [0.05, 0.1) is 6.20 Å². The highest BCUT2D eigenvalue weighted by molar-refractivity contribution is 5.51. The van der Waals surface area contributed by atoms with Crippen LogP contribution in [0.4, 0.5) is 0 Å². The highest BCUT2D eigenvalue weighted by atomic mass is 15.2. The van der Waals surface area contributed by atoms with Gasteiger partial charge in [0.25, 0.3) is 0 Å². The van der Waals surface area contributed by atoms with E-state index < -0.39 is 0 Å². The third-order valence-corrected chi connectivity index (χ3v) is 2.33. The van der Waals surface area contributed by atoms with Crippen LogP contribution in [0.5, 0.6) is 0 Å². The molecule has 3 nitrogen and oxygen atoms in total. The van der Waals surface area contributed by atoms with Gasteiger partial charge in [-0.25, -0.2) is 0 Å². The highest BCUT2D eigenvalue weighted by Crippen LogP contribution is 2.07. The Morgan fingerprint density at radius 3 is 2.87 bits per heavy atom. The Hall–Kier alpha value is -1.09. The smallest absolute Gasteiger partial charge is 0.0562 e. The first-order chi connectivity index (χ1) is 7.26. The fraction of sp³-hybridized carbons (Fsp3) is 0.583. The fourth-order valence-corrected chi connectivity index (χ4v) is 1.45. The molecule has 0 atom stereocenters. The van der Waals surface area contributed by atoms with Crippen molar-refractivity contribution in [1.29, 1.82) is 0 Å². The predicted octanol–water partition coefficient (Wildman–Crippen LogP) is 2.21. The molecule has 0 saturated heterocycles. The molecule has 1 heterocycles. The van der Waals surface area contributed by atoms with Gasteiger partial charge in [-0.05, 0) is 19.4 Å². The molecule has 1 N–H and O–H groups in total. The number of aromatic nitrogens is 2. The van der Waals surface area contributed by atoms with E-state index in [1.165, 1.54) is 17.6 Å². The first kappa shape index (κ1) is 12.0. The Morgan fingerprint density at radius 2 is 2.33 bits per heavy atom. The standard InChI is InChI=1S/C12H21N3/c1-4-6-13-8-11(5-2)7-12-9-14-15(3)10-12/h7,9-10,13H,4-6,8H2,1-3H3. The number of nitrogens with one attached hydrogen (secondary N) is 1. The van der Waals surface area contributed by atoms with Crippen LogP contribution in [0.3, 0.4) is 0 Å². The normalized spacial score (nSPS) is 12.1. The second-order valence-corrected chi connectivity index (χ2v) is 3.78. The van der Waals surface area contributed by atoms with Gasteiger partial charge >= 0.3 is 0 Å². The van der Waals surface area contributed by atoms with E-state index in [9.17, 15) is 0 Å². The molecule has 0 aliphatic heterocycles. The third kappa shape index (κ3) is 4.30. The van der Waals surface area contributed by atoms with Gasteiger partial charge in [0.1, 0.15) is 0 Å². The molecular weight excluding hydrogens is 186 g/mol. The van der Waals surface area contributed by atoms with Gasteiger partial charge in [0.15, 0.2) is 0 Å². The van der Waals surface area contributed by atoms with E-state index in [1.807, 2.05) is 24.1 Å². The van der Waals surface area contributed by atoms with Crippen LogP contribution in [0.1, 0.15) is 32.3 Å². The van der Waals surface area contributed by atoms with Gasteiger partial charge in [0.2, 0.25) is 0 Å². The Balaban J connectivity index is 2.53. The van der Waals surface area contributed by atoms with Crippen LogP contribution < -0.4 is 5.32 Å². The van der Waals surface area contributed by atoms with E-state index in [1.54, 1.807) is 0 Å². The van der Waals surface area contributed by atoms with Crippen molar-refractivity contribution < 1.29 is 0 Å². The largest absolute Gasteiger partial charge is 0.313 e. The lowest BCUT2D eigenvalue weighted by Gasteiger charge is -2.05.